The zero-order valence-electron chi connectivity index (χ0n) is 10.5. The summed E-state index contributed by atoms with van der Waals surface area (Å²) in [6.07, 6.45) is 1.20. The number of carbonyl (C=O) groups excluding carboxylic acids is 1. The first-order valence-electron chi connectivity index (χ1n) is 6.35. The molecule has 3 heteroatoms. The average molecular weight is 250 g/mol. The Morgan fingerprint density at radius 1 is 0.842 bits per heavy atom. The summed E-state index contributed by atoms with van der Waals surface area (Å²) in [5, 5.41) is 6.01. The van der Waals surface area contributed by atoms with Gasteiger partial charge >= 0.3 is 0 Å². The van der Waals surface area contributed by atoms with Crippen molar-refractivity contribution >= 4 is 17.3 Å². The molecule has 0 fully saturated rings. The van der Waals surface area contributed by atoms with Crippen LogP contribution in [0.3, 0.4) is 0 Å². The molecule has 1 amide bonds. The SMILES string of the molecule is O=C1CCC(c2ccccc2)=NN1c1ccccc1. The van der Waals surface area contributed by atoms with Gasteiger partial charge in [0.15, 0.2) is 0 Å². The third kappa shape index (κ3) is 2.40. The molecule has 0 saturated heterocycles. The number of benzene rings is 2. The van der Waals surface area contributed by atoms with E-state index in [1.54, 1.807) is 0 Å². The molecular weight excluding hydrogens is 236 g/mol. The molecule has 0 aromatic heterocycles. The number of nitrogens with zero attached hydrogens (tertiary/aromatic N) is 2. The van der Waals surface area contributed by atoms with Gasteiger partial charge in [0.2, 0.25) is 5.91 Å². The van der Waals surface area contributed by atoms with Crippen molar-refractivity contribution in [2.24, 2.45) is 5.10 Å². The molecule has 2 aromatic rings. The average Bonchev–Trinajstić information content (AvgIpc) is 2.49. The van der Waals surface area contributed by atoms with Crippen molar-refractivity contribution in [3.05, 3.63) is 66.2 Å². The summed E-state index contributed by atoms with van der Waals surface area (Å²) in [5.74, 6) is 0.0471. The minimum Gasteiger partial charge on any atom is -0.273 e. The van der Waals surface area contributed by atoms with Crippen molar-refractivity contribution < 1.29 is 4.79 Å². The molecule has 3 nitrogen and oxygen atoms in total. The summed E-state index contributed by atoms with van der Waals surface area (Å²) in [7, 11) is 0. The van der Waals surface area contributed by atoms with E-state index >= 15 is 0 Å². The Balaban J connectivity index is 1.98. The zero-order chi connectivity index (χ0) is 13.1. The van der Waals surface area contributed by atoms with Crippen LogP contribution in [0.5, 0.6) is 0 Å². The van der Waals surface area contributed by atoms with E-state index in [-0.39, 0.29) is 5.91 Å². The summed E-state index contributed by atoms with van der Waals surface area (Å²) in [6, 6.07) is 19.6. The third-order valence-electron chi connectivity index (χ3n) is 3.14. The fourth-order valence-corrected chi connectivity index (χ4v) is 2.16. The Morgan fingerprint density at radius 3 is 2.16 bits per heavy atom. The van der Waals surface area contributed by atoms with Crippen LogP contribution in [0.4, 0.5) is 5.69 Å². The van der Waals surface area contributed by atoms with Crippen LogP contribution in [0.25, 0.3) is 0 Å². The van der Waals surface area contributed by atoms with Crippen LogP contribution in [-0.2, 0) is 4.79 Å². The maximum Gasteiger partial charge on any atom is 0.247 e. The molecule has 0 aliphatic carbocycles. The number of anilines is 1. The summed E-state index contributed by atoms with van der Waals surface area (Å²) >= 11 is 0. The predicted octanol–water partition coefficient (Wildman–Crippen LogP) is 3.22. The van der Waals surface area contributed by atoms with Gasteiger partial charge in [-0.15, -0.1) is 0 Å². The lowest BCUT2D eigenvalue weighted by Crippen LogP contribution is -2.31. The van der Waals surface area contributed by atoms with Crippen LogP contribution >= 0.6 is 0 Å². The van der Waals surface area contributed by atoms with Crippen LogP contribution < -0.4 is 5.01 Å². The number of hydrogen-bond acceptors (Lipinski definition) is 2. The Morgan fingerprint density at radius 2 is 1.47 bits per heavy atom. The highest BCUT2D eigenvalue weighted by atomic mass is 16.2. The van der Waals surface area contributed by atoms with Crippen LogP contribution in [0.2, 0.25) is 0 Å². The van der Waals surface area contributed by atoms with Crippen molar-refractivity contribution in [3.8, 4) is 0 Å². The highest BCUT2D eigenvalue weighted by Crippen LogP contribution is 2.21. The molecule has 0 N–H and O–H groups in total. The van der Waals surface area contributed by atoms with Crippen LogP contribution in [0, 0.1) is 0 Å². The molecule has 0 bridgehead atoms. The first kappa shape index (κ1) is 11.7. The largest absolute Gasteiger partial charge is 0.273 e. The fraction of sp³-hybridized carbons (Fsp3) is 0.125. The lowest BCUT2D eigenvalue weighted by molar-refractivity contribution is -0.118. The van der Waals surface area contributed by atoms with Crippen molar-refractivity contribution in [1.29, 1.82) is 0 Å². The molecule has 19 heavy (non-hydrogen) atoms. The summed E-state index contributed by atoms with van der Waals surface area (Å²) in [4.78, 5) is 12.0. The van der Waals surface area contributed by atoms with Crippen molar-refractivity contribution in [2.45, 2.75) is 12.8 Å². The molecule has 2 aromatic carbocycles. The van der Waals surface area contributed by atoms with Gasteiger partial charge in [-0.05, 0) is 17.7 Å². The first-order valence-corrected chi connectivity index (χ1v) is 6.35. The van der Waals surface area contributed by atoms with Gasteiger partial charge < -0.3 is 0 Å². The molecule has 0 atom stereocenters. The van der Waals surface area contributed by atoms with E-state index in [4.69, 9.17) is 0 Å². The number of hydrazone groups is 1. The fourth-order valence-electron chi connectivity index (χ4n) is 2.16. The van der Waals surface area contributed by atoms with E-state index in [1.807, 2.05) is 60.7 Å². The monoisotopic (exact) mass is 250 g/mol. The highest BCUT2D eigenvalue weighted by molar-refractivity contribution is 6.08. The van der Waals surface area contributed by atoms with E-state index in [0.29, 0.717) is 12.8 Å². The van der Waals surface area contributed by atoms with Crippen molar-refractivity contribution in [1.82, 2.24) is 0 Å². The maximum atomic E-state index is 12.0. The lowest BCUT2D eigenvalue weighted by Gasteiger charge is -2.23. The van der Waals surface area contributed by atoms with Gasteiger partial charge in [0.25, 0.3) is 0 Å². The molecular formula is C16H14N2O. The second-order valence-electron chi connectivity index (χ2n) is 4.45. The number of amides is 1. The molecule has 1 aliphatic heterocycles. The van der Waals surface area contributed by atoms with Gasteiger partial charge in [0.05, 0.1) is 11.4 Å². The number of hydrogen-bond donors (Lipinski definition) is 0. The highest BCUT2D eigenvalue weighted by Gasteiger charge is 2.22. The molecule has 94 valence electrons. The molecule has 1 aliphatic rings. The van der Waals surface area contributed by atoms with Crippen LogP contribution in [0.15, 0.2) is 65.8 Å². The van der Waals surface area contributed by atoms with Gasteiger partial charge in [0, 0.05) is 12.8 Å². The molecule has 1 heterocycles. The lowest BCUT2D eigenvalue weighted by atomic mass is 10.0. The molecule has 0 spiro atoms. The van der Waals surface area contributed by atoms with E-state index in [9.17, 15) is 4.79 Å². The smallest absolute Gasteiger partial charge is 0.247 e. The summed E-state index contributed by atoms with van der Waals surface area (Å²) < 4.78 is 0. The number of carbonyl (C=O) groups is 1. The Kier molecular flexibility index (Phi) is 3.11. The Hall–Kier alpha value is -2.42. The molecule has 0 radical (unpaired) electrons. The summed E-state index contributed by atoms with van der Waals surface area (Å²) in [5.41, 5.74) is 2.86. The molecule has 0 saturated carbocycles. The summed E-state index contributed by atoms with van der Waals surface area (Å²) in [6.45, 7) is 0. The van der Waals surface area contributed by atoms with Gasteiger partial charge in [0.1, 0.15) is 0 Å². The number of para-hydroxylation sites is 1. The zero-order valence-corrected chi connectivity index (χ0v) is 10.5. The van der Waals surface area contributed by atoms with E-state index in [2.05, 4.69) is 5.10 Å². The Bertz CT molecular complexity index is 605. The minimum atomic E-state index is 0.0471. The maximum absolute atomic E-state index is 12.0. The quantitative estimate of drug-likeness (QED) is 0.805. The standard InChI is InChI=1S/C16H14N2O/c19-16-12-11-15(13-7-3-1-4-8-13)17-18(16)14-9-5-2-6-10-14/h1-10H,11-12H2. The second-order valence-corrected chi connectivity index (χ2v) is 4.45. The minimum absolute atomic E-state index is 0.0471. The van der Waals surface area contributed by atoms with Crippen molar-refractivity contribution in [2.75, 3.05) is 5.01 Å². The van der Waals surface area contributed by atoms with E-state index < -0.39 is 0 Å². The van der Waals surface area contributed by atoms with Crippen molar-refractivity contribution in [3.63, 3.8) is 0 Å². The Labute approximate surface area is 112 Å². The van der Waals surface area contributed by atoms with Gasteiger partial charge in [-0.2, -0.15) is 5.10 Å². The first-order chi connectivity index (χ1) is 9.34. The topological polar surface area (TPSA) is 32.7 Å². The van der Waals surface area contributed by atoms with Crippen LogP contribution in [-0.4, -0.2) is 11.6 Å². The molecule has 3 rings (SSSR count). The normalized spacial score (nSPS) is 15.3. The second kappa shape index (κ2) is 5.06. The van der Waals surface area contributed by atoms with Gasteiger partial charge in [-0.3, -0.25) is 4.79 Å². The third-order valence-corrected chi connectivity index (χ3v) is 3.14. The predicted molar refractivity (Wildman–Crippen MR) is 76.1 cm³/mol. The number of rotatable bonds is 2. The van der Waals surface area contributed by atoms with Gasteiger partial charge in [-0.1, -0.05) is 48.5 Å². The molecule has 0 unspecified atom stereocenters. The van der Waals surface area contributed by atoms with E-state index in [1.165, 1.54) is 5.01 Å². The van der Waals surface area contributed by atoms with Crippen LogP contribution in [0.1, 0.15) is 18.4 Å². The van der Waals surface area contributed by atoms with E-state index in [0.717, 1.165) is 17.0 Å². The van der Waals surface area contributed by atoms with Gasteiger partial charge in [-0.25, -0.2) is 5.01 Å².